The number of ether oxygens (including phenoxy) is 1. The highest BCUT2D eigenvalue weighted by molar-refractivity contribution is 5.88. The number of Topliss-reactive ketones (excluding diaryl/α,β-unsaturated/α-hetero) is 1. The van der Waals surface area contributed by atoms with Crippen LogP contribution < -0.4 is 0 Å². The van der Waals surface area contributed by atoms with Gasteiger partial charge in [0.25, 0.3) is 0 Å². The first-order valence-electron chi connectivity index (χ1n) is 3.14. The van der Waals surface area contributed by atoms with Crippen LogP contribution in [0.5, 0.6) is 0 Å². The normalized spacial score (nSPS) is 41.9. The van der Waals surface area contributed by atoms with E-state index in [9.17, 15) is 4.79 Å². The Morgan fingerprint density at radius 1 is 1.60 bits per heavy atom. The van der Waals surface area contributed by atoms with E-state index in [-0.39, 0.29) is 6.61 Å². The van der Waals surface area contributed by atoms with Crippen LogP contribution in [0.25, 0.3) is 0 Å². The smallest absolute Gasteiger partial charge is 0.194 e. The number of aliphatic hydroxyl groups excluding tert-OH is 2. The summed E-state index contributed by atoms with van der Waals surface area (Å²) in [5.41, 5.74) is 0. The summed E-state index contributed by atoms with van der Waals surface area (Å²) in [6.45, 7) is 1.59. The van der Waals surface area contributed by atoms with Crippen LogP contribution in [0.1, 0.15) is 6.92 Å². The van der Waals surface area contributed by atoms with Crippen LogP contribution in [-0.2, 0) is 9.53 Å². The molecule has 1 fully saturated rings. The second-order valence-corrected chi connectivity index (χ2v) is 2.40. The van der Waals surface area contributed by atoms with Gasteiger partial charge in [0, 0.05) is 0 Å². The lowest BCUT2D eigenvalue weighted by Gasteiger charge is -2.26. The van der Waals surface area contributed by atoms with Crippen molar-refractivity contribution < 1.29 is 19.7 Å². The molecule has 0 bridgehead atoms. The van der Waals surface area contributed by atoms with Crippen LogP contribution in [0.3, 0.4) is 0 Å². The van der Waals surface area contributed by atoms with Crippen molar-refractivity contribution in [1.29, 1.82) is 0 Å². The molecule has 3 unspecified atom stereocenters. The number of hydrogen-bond donors (Lipinski definition) is 2. The van der Waals surface area contributed by atoms with Gasteiger partial charge in [-0.05, 0) is 6.92 Å². The Labute approximate surface area is 58.4 Å². The van der Waals surface area contributed by atoms with Gasteiger partial charge in [-0.15, -0.1) is 0 Å². The fraction of sp³-hybridized carbons (Fsp3) is 0.833. The summed E-state index contributed by atoms with van der Waals surface area (Å²) in [6.07, 6.45) is -2.80. The predicted molar refractivity (Wildman–Crippen MR) is 32.4 cm³/mol. The molecule has 0 aliphatic carbocycles. The third kappa shape index (κ3) is 1.18. The summed E-state index contributed by atoms with van der Waals surface area (Å²) in [5.74, 6) is -0.543. The predicted octanol–water partition coefficient (Wildman–Crippen LogP) is -1.30. The quantitative estimate of drug-likeness (QED) is 0.445. The first-order chi connectivity index (χ1) is 4.63. The van der Waals surface area contributed by atoms with E-state index in [0.717, 1.165) is 0 Å². The SMILES string of the molecule is CC1OCC(O)C(=O)C1O. The van der Waals surface area contributed by atoms with E-state index in [2.05, 4.69) is 0 Å². The van der Waals surface area contributed by atoms with Crippen molar-refractivity contribution in [3.05, 3.63) is 0 Å². The van der Waals surface area contributed by atoms with Crippen LogP contribution in [0, 0.1) is 0 Å². The highest BCUT2D eigenvalue weighted by Crippen LogP contribution is 2.09. The zero-order valence-corrected chi connectivity index (χ0v) is 5.65. The van der Waals surface area contributed by atoms with Gasteiger partial charge in [-0.25, -0.2) is 0 Å². The van der Waals surface area contributed by atoms with Gasteiger partial charge >= 0.3 is 0 Å². The van der Waals surface area contributed by atoms with Crippen molar-refractivity contribution in [2.75, 3.05) is 6.61 Å². The molecule has 0 radical (unpaired) electrons. The Balaban J connectivity index is 2.60. The Kier molecular flexibility index (Phi) is 2.03. The summed E-state index contributed by atoms with van der Waals surface area (Å²) in [7, 11) is 0. The second kappa shape index (κ2) is 2.65. The summed E-state index contributed by atoms with van der Waals surface area (Å²) >= 11 is 0. The van der Waals surface area contributed by atoms with Gasteiger partial charge < -0.3 is 14.9 Å². The van der Waals surface area contributed by atoms with E-state index in [1.54, 1.807) is 6.92 Å². The molecule has 58 valence electrons. The van der Waals surface area contributed by atoms with Crippen LogP contribution >= 0.6 is 0 Å². The third-order valence-corrected chi connectivity index (χ3v) is 1.58. The van der Waals surface area contributed by atoms with E-state index >= 15 is 0 Å². The summed E-state index contributed by atoms with van der Waals surface area (Å²) in [6, 6.07) is 0. The third-order valence-electron chi connectivity index (χ3n) is 1.58. The molecular formula is C6H10O4. The van der Waals surface area contributed by atoms with Gasteiger partial charge in [-0.1, -0.05) is 0 Å². The average Bonchev–Trinajstić information content (AvgIpc) is 1.93. The molecule has 0 spiro atoms. The van der Waals surface area contributed by atoms with E-state index in [4.69, 9.17) is 14.9 Å². The minimum atomic E-state index is -1.16. The largest absolute Gasteiger partial charge is 0.383 e. The van der Waals surface area contributed by atoms with Crippen molar-refractivity contribution in [1.82, 2.24) is 0 Å². The molecule has 3 atom stereocenters. The first kappa shape index (κ1) is 7.65. The molecule has 0 amide bonds. The van der Waals surface area contributed by atoms with Gasteiger partial charge in [-0.3, -0.25) is 4.79 Å². The molecule has 0 aromatic carbocycles. The van der Waals surface area contributed by atoms with E-state index in [0.29, 0.717) is 0 Å². The van der Waals surface area contributed by atoms with Gasteiger partial charge in [0.2, 0.25) is 0 Å². The molecule has 2 N–H and O–H groups in total. The zero-order valence-electron chi connectivity index (χ0n) is 5.65. The number of ketones is 1. The lowest BCUT2D eigenvalue weighted by Crippen LogP contribution is -2.48. The Morgan fingerprint density at radius 3 is 2.70 bits per heavy atom. The molecule has 0 saturated carbocycles. The van der Waals surface area contributed by atoms with E-state index < -0.39 is 24.1 Å². The Bertz CT molecular complexity index is 145. The molecule has 4 heteroatoms. The molecule has 1 saturated heterocycles. The maximum Gasteiger partial charge on any atom is 0.194 e. The van der Waals surface area contributed by atoms with Crippen LogP contribution in [-0.4, -0.2) is 40.9 Å². The minimum Gasteiger partial charge on any atom is -0.383 e. The number of carbonyl (C=O) groups is 1. The molecule has 1 aliphatic rings. The fourth-order valence-corrected chi connectivity index (χ4v) is 0.845. The van der Waals surface area contributed by atoms with E-state index in [1.165, 1.54) is 0 Å². The van der Waals surface area contributed by atoms with Crippen molar-refractivity contribution in [2.24, 2.45) is 0 Å². The van der Waals surface area contributed by atoms with Crippen LogP contribution in [0.15, 0.2) is 0 Å². The second-order valence-electron chi connectivity index (χ2n) is 2.40. The number of rotatable bonds is 0. The Morgan fingerprint density at radius 2 is 2.20 bits per heavy atom. The van der Waals surface area contributed by atoms with Gasteiger partial charge in [0.1, 0.15) is 12.2 Å². The summed E-state index contributed by atoms with van der Waals surface area (Å²) in [4.78, 5) is 10.8. The standard InChI is InChI=1S/C6H10O4/c1-3-5(8)6(9)4(7)2-10-3/h3-5,7-8H,2H2,1H3. The topological polar surface area (TPSA) is 66.8 Å². The lowest BCUT2D eigenvalue weighted by molar-refractivity contribution is -0.161. The average molecular weight is 146 g/mol. The van der Waals surface area contributed by atoms with Crippen molar-refractivity contribution in [3.8, 4) is 0 Å². The highest BCUT2D eigenvalue weighted by Gasteiger charge is 2.33. The lowest BCUT2D eigenvalue weighted by atomic mass is 10.0. The fourth-order valence-electron chi connectivity index (χ4n) is 0.845. The van der Waals surface area contributed by atoms with Gasteiger partial charge in [-0.2, -0.15) is 0 Å². The molecular weight excluding hydrogens is 136 g/mol. The van der Waals surface area contributed by atoms with Gasteiger partial charge in [0.15, 0.2) is 5.78 Å². The first-order valence-corrected chi connectivity index (χ1v) is 3.14. The van der Waals surface area contributed by atoms with E-state index in [1.807, 2.05) is 0 Å². The summed E-state index contributed by atoms with van der Waals surface area (Å²) < 4.78 is 4.85. The number of hydrogen-bond acceptors (Lipinski definition) is 4. The molecule has 4 nitrogen and oxygen atoms in total. The van der Waals surface area contributed by atoms with Crippen molar-refractivity contribution >= 4 is 5.78 Å². The highest BCUT2D eigenvalue weighted by atomic mass is 16.5. The molecule has 0 aromatic rings. The van der Waals surface area contributed by atoms with Gasteiger partial charge in [0.05, 0.1) is 12.7 Å². The number of aliphatic hydroxyl groups is 2. The number of carbonyl (C=O) groups excluding carboxylic acids is 1. The van der Waals surface area contributed by atoms with Crippen LogP contribution in [0.2, 0.25) is 0 Å². The summed E-state index contributed by atoms with van der Waals surface area (Å²) in [5, 5.41) is 17.8. The molecule has 1 rings (SSSR count). The molecule has 1 heterocycles. The maximum absolute atomic E-state index is 10.8. The van der Waals surface area contributed by atoms with Crippen molar-refractivity contribution in [2.45, 2.75) is 25.2 Å². The monoisotopic (exact) mass is 146 g/mol. The Hall–Kier alpha value is -0.450. The zero-order chi connectivity index (χ0) is 7.72. The van der Waals surface area contributed by atoms with Crippen molar-refractivity contribution in [3.63, 3.8) is 0 Å². The van der Waals surface area contributed by atoms with Crippen LogP contribution in [0.4, 0.5) is 0 Å². The molecule has 10 heavy (non-hydrogen) atoms. The maximum atomic E-state index is 10.8. The molecule has 0 aromatic heterocycles. The molecule has 1 aliphatic heterocycles. The minimum absolute atomic E-state index is 0.00292.